The van der Waals surface area contributed by atoms with Crippen LogP contribution in [0.25, 0.3) is 0 Å². The van der Waals surface area contributed by atoms with Gasteiger partial charge in [0.1, 0.15) is 5.75 Å². The number of halogens is 5. The molecule has 0 bridgehead atoms. The van der Waals surface area contributed by atoms with Crippen molar-refractivity contribution in [2.75, 3.05) is 6.61 Å². The van der Waals surface area contributed by atoms with Crippen molar-refractivity contribution in [2.24, 2.45) is 0 Å². The highest BCUT2D eigenvalue weighted by molar-refractivity contribution is 9.10. The van der Waals surface area contributed by atoms with E-state index >= 15 is 0 Å². The van der Waals surface area contributed by atoms with Crippen LogP contribution >= 0.6 is 15.9 Å². The minimum atomic E-state index is -4.21. The van der Waals surface area contributed by atoms with E-state index in [9.17, 15) is 17.6 Å². The molecule has 0 unspecified atom stereocenters. The molecule has 0 aromatic heterocycles. The minimum Gasteiger partial charge on any atom is -0.493 e. The average molecular weight is 301 g/mol. The van der Waals surface area contributed by atoms with Gasteiger partial charge in [-0.2, -0.15) is 17.6 Å². The Hall–Kier alpha value is -0.780. The van der Waals surface area contributed by atoms with E-state index < -0.39 is 23.8 Å². The largest absolute Gasteiger partial charge is 0.493 e. The van der Waals surface area contributed by atoms with Gasteiger partial charge in [-0.05, 0) is 28.1 Å². The molecule has 6 heteroatoms. The number of hydrogen-bond acceptors (Lipinski definition) is 1. The topological polar surface area (TPSA) is 9.23 Å². The summed E-state index contributed by atoms with van der Waals surface area (Å²) in [4.78, 5) is -4.21. The van der Waals surface area contributed by atoms with E-state index in [0.717, 1.165) is 0 Å². The molecule has 0 saturated carbocycles. The van der Waals surface area contributed by atoms with E-state index in [1.54, 1.807) is 46.3 Å². The Labute approximate surface area is 98.5 Å². The van der Waals surface area contributed by atoms with Crippen LogP contribution in [0.2, 0.25) is 0 Å². The summed E-state index contributed by atoms with van der Waals surface area (Å²) in [7, 11) is 0. The Morgan fingerprint density at radius 1 is 1.06 bits per heavy atom. The molecular formula is C10H9BrF4O. The van der Waals surface area contributed by atoms with Crippen LogP contribution in [0.3, 0.4) is 0 Å². The second-order valence-electron chi connectivity index (χ2n) is 3.11. The summed E-state index contributed by atoms with van der Waals surface area (Å²) >= 11 is 1.65. The van der Waals surface area contributed by atoms with E-state index in [4.69, 9.17) is 4.74 Å². The first-order chi connectivity index (χ1) is 7.33. The van der Waals surface area contributed by atoms with Gasteiger partial charge in [-0.25, -0.2) is 0 Å². The zero-order chi connectivity index (χ0) is 12.2. The molecule has 0 heterocycles. The Morgan fingerprint density at radius 3 is 2.12 bits per heavy atom. The minimum absolute atomic E-state index is 0.371. The molecule has 1 rings (SSSR count). The first-order valence-corrected chi connectivity index (χ1v) is 5.24. The summed E-state index contributed by atoms with van der Waals surface area (Å²) < 4.78 is 55.1. The molecule has 1 aromatic carbocycles. The molecule has 1 aromatic rings. The number of alkyl halides is 5. The summed E-state index contributed by atoms with van der Waals surface area (Å²) in [5.74, 6) is -3.75. The Balaban J connectivity index is 2.42. The van der Waals surface area contributed by atoms with Gasteiger partial charge in [0.05, 0.1) is 13.0 Å². The first kappa shape index (κ1) is 13.3. The molecule has 0 atom stereocenters. The third-order valence-electron chi connectivity index (χ3n) is 1.84. The van der Waals surface area contributed by atoms with E-state index in [2.05, 4.69) is 0 Å². The van der Waals surface area contributed by atoms with Crippen molar-refractivity contribution in [2.45, 2.75) is 17.2 Å². The molecule has 90 valence electrons. The summed E-state index contributed by atoms with van der Waals surface area (Å²) in [5.41, 5.74) is 0. The van der Waals surface area contributed by atoms with Gasteiger partial charge in [0.15, 0.2) is 0 Å². The fourth-order valence-electron chi connectivity index (χ4n) is 0.956. The molecule has 0 aliphatic carbocycles. The van der Waals surface area contributed by atoms with E-state index in [1.807, 2.05) is 0 Å². The zero-order valence-electron chi connectivity index (χ0n) is 8.10. The molecule has 0 amide bonds. The van der Waals surface area contributed by atoms with E-state index in [0.29, 0.717) is 5.75 Å². The maximum Gasteiger partial charge on any atom is 0.363 e. The highest BCUT2D eigenvalue weighted by Crippen LogP contribution is 2.41. The Bertz CT molecular complexity index is 323. The van der Waals surface area contributed by atoms with Crippen LogP contribution in [-0.2, 0) is 0 Å². The van der Waals surface area contributed by atoms with Gasteiger partial charge in [-0.15, -0.1) is 0 Å². The molecule has 16 heavy (non-hydrogen) atoms. The van der Waals surface area contributed by atoms with E-state index in [1.165, 1.54) is 0 Å². The Kier molecular flexibility index (Phi) is 4.18. The SMILES string of the molecule is FC(F)(Br)C(F)(F)CCOc1ccccc1. The van der Waals surface area contributed by atoms with Gasteiger partial charge in [0, 0.05) is 0 Å². The maximum absolute atomic E-state index is 12.8. The normalized spacial score (nSPS) is 12.6. The highest BCUT2D eigenvalue weighted by Gasteiger charge is 2.53. The Morgan fingerprint density at radius 2 is 1.62 bits per heavy atom. The van der Waals surface area contributed by atoms with Crippen LogP contribution in [0.4, 0.5) is 17.6 Å². The first-order valence-electron chi connectivity index (χ1n) is 4.45. The van der Waals surface area contributed by atoms with Crippen LogP contribution in [0.15, 0.2) is 30.3 Å². The summed E-state index contributed by atoms with van der Waals surface area (Å²) in [6.45, 7) is -0.474. The lowest BCUT2D eigenvalue weighted by Crippen LogP contribution is -2.36. The quantitative estimate of drug-likeness (QED) is 0.588. The van der Waals surface area contributed by atoms with Crippen molar-refractivity contribution in [1.29, 1.82) is 0 Å². The van der Waals surface area contributed by atoms with Gasteiger partial charge < -0.3 is 4.74 Å². The van der Waals surface area contributed by atoms with Crippen LogP contribution in [-0.4, -0.2) is 17.4 Å². The molecule has 1 nitrogen and oxygen atoms in total. The molecule has 0 fully saturated rings. The number of rotatable bonds is 5. The molecule has 0 radical (unpaired) electrons. The summed E-state index contributed by atoms with van der Waals surface area (Å²) in [6, 6.07) is 8.17. The predicted octanol–water partition coefficient (Wildman–Crippen LogP) is 4.08. The molecule has 0 aliphatic heterocycles. The number of para-hydroxylation sites is 1. The van der Waals surface area contributed by atoms with Crippen LogP contribution < -0.4 is 4.74 Å². The molecule has 0 aliphatic rings. The van der Waals surface area contributed by atoms with Gasteiger partial charge in [-0.3, -0.25) is 0 Å². The summed E-state index contributed by atoms with van der Waals surface area (Å²) in [5, 5.41) is 0. The monoisotopic (exact) mass is 300 g/mol. The van der Waals surface area contributed by atoms with Crippen molar-refractivity contribution in [3.05, 3.63) is 30.3 Å². The molecule has 0 N–H and O–H groups in total. The fraction of sp³-hybridized carbons (Fsp3) is 0.400. The van der Waals surface area contributed by atoms with Crippen molar-refractivity contribution < 1.29 is 22.3 Å². The van der Waals surface area contributed by atoms with Crippen molar-refractivity contribution in [1.82, 2.24) is 0 Å². The zero-order valence-corrected chi connectivity index (χ0v) is 9.69. The van der Waals surface area contributed by atoms with Crippen LogP contribution in [0.5, 0.6) is 5.75 Å². The molecule has 0 spiro atoms. The van der Waals surface area contributed by atoms with Crippen molar-refractivity contribution >= 4 is 15.9 Å². The lowest BCUT2D eigenvalue weighted by Gasteiger charge is -2.21. The van der Waals surface area contributed by atoms with Crippen molar-refractivity contribution in [3.8, 4) is 5.75 Å². The standard InChI is InChI=1S/C10H9BrF4O/c11-10(14,15)9(12,13)6-7-16-8-4-2-1-3-5-8/h1-5H,6-7H2. The van der Waals surface area contributed by atoms with Crippen LogP contribution in [0, 0.1) is 0 Å². The smallest absolute Gasteiger partial charge is 0.363 e. The van der Waals surface area contributed by atoms with Gasteiger partial charge in [0.2, 0.25) is 0 Å². The third kappa shape index (κ3) is 3.66. The van der Waals surface area contributed by atoms with E-state index in [-0.39, 0.29) is 0 Å². The fourth-order valence-corrected chi connectivity index (χ4v) is 1.15. The summed E-state index contributed by atoms with van der Waals surface area (Å²) in [6.07, 6.45) is -1.06. The number of benzene rings is 1. The molecule has 0 saturated heterocycles. The van der Waals surface area contributed by atoms with Gasteiger partial charge >= 0.3 is 10.8 Å². The van der Waals surface area contributed by atoms with Gasteiger partial charge in [0.25, 0.3) is 0 Å². The van der Waals surface area contributed by atoms with Crippen molar-refractivity contribution in [3.63, 3.8) is 0 Å². The predicted molar refractivity (Wildman–Crippen MR) is 55.4 cm³/mol. The maximum atomic E-state index is 12.8. The molecular weight excluding hydrogens is 292 g/mol. The lowest BCUT2D eigenvalue weighted by molar-refractivity contribution is -0.154. The highest BCUT2D eigenvalue weighted by atomic mass is 79.9. The third-order valence-corrected chi connectivity index (χ3v) is 2.42. The van der Waals surface area contributed by atoms with Crippen LogP contribution in [0.1, 0.15) is 6.42 Å². The average Bonchev–Trinajstić information content (AvgIpc) is 2.17. The second-order valence-corrected chi connectivity index (χ2v) is 4.11. The lowest BCUT2D eigenvalue weighted by atomic mass is 10.2. The second kappa shape index (κ2) is 5.03. The number of hydrogen-bond donors (Lipinski definition) is 0. The number of ether oxygens (including phenoxy) is 1. The van der Waals surface area contributed by atoms with Gasteiger partial charge in [-0.1, -0.05) is 18.2 Å².